The van der Waals surface area contributed by atoms with Crippen LogP contribution < -0.4 is 16.4 Å². The fourth-order valence-electron chi connectivity index (χ4n) is 2.35. The molecule has 0 aliphatic heterocycles. The van der Waals surface area contributed by atoms with Gasteiger partial charge >= 0.3 is 0 Å². The van der Waals surface area contributed by atoms with E-state index in [1.54, 1.807) is 11.8 Å². The molecule has 4 N–H and O–H groups in total. The lowest BCUT2D eigenvalue weighted by Crippen LogP contribution is -2.32. The Labute approximate surface area is 122 Å². The number of hydrogen-bond donors (Lipinski definition) is 2. The van der Waals surface area contributed by atoms with E-state index in [0.29, 0.717) is 10.6 Å². The van der Waals surface area contributed by atoms with Crippen LogP contribution in [-0.2, 0) is 0 Å². The molecule has 2 rings (SSSR count). The Morgan fingerprint density at radius 3 is 2.63 bits per heavy atom. The number of primary amides is 1. The molecule has 6 heteroatoms. The first-order chi connectivity index (χ1) is 9.08. The zero-order valence-corrected chi connectivity index (χ0v) is 13.1. The number of amides is 1. The van der Waals surface area contributed by atoms with Gasteiger partial charge in [0.05, 0.1) is 10.6 Å². The van der Waals surface area contributed by atoms with Crippen LogP contribution in [-0.4, -0.2) is 25.3 Å². The fourth-order valence-corrected chi connectivity index (χ4v) is 4.45. The van der Waals surface area contributed by atoms with Crippen LogP contribution in [0.25, 0.3) is 0 Å². The first-order valence-corrected chi connectivity index (χ1v) is 8.63. The van der Waals surface area contributed by atoms with Crippen LogP contribution in [0.1, 0.15) is 35.9 Å². The Balaban J connectivity index is 2.29. The molecule has 1 heterocycles. The van der Waals surface area contributed by atoms with Crippen molar-refractivity contribution in [2.24, 2.45) is 11.7 Å². The van der Waals surface area contributed by atoms with Gasteiger partial charge in [0.25, 0.3) is 5.91 Å². The third-order valence-electron chi connectivity index (χ3n) is 3.68. The van der Waals surface area contributed by atoms with E-state index in [2.05, 4.69) is 11.8 Å². The molecule has 1 aliphatic carbocycles. The number of thiophene rings is 1. The van der Waals surface area contributed by atoms with Gasteiger partial charge in [-0.3, -0.25) is 4.79 Å². The van der Waals surface area contributed by atoms with Gasteiger partial charge in [-0.25, -0.2) is 0 Å². The van der Waals surface area contributed by atoms with Gasteiger partial charge in [-0.2, -0.15) is 0 Å². The lowest BCUT2D eigenvalue weighted by molar-refractivity contribution is 0.100. The van der Waals surface area contributed by atoms with Crippen LogP contribution in [0.3, 0.4) is 0 Å². The molecule has 0 spiro atoms. The molecule has 0 saturated heterocycles. The van der Waals surface area contributed by atoms with Crippen molar-refractivity contribution in [3.8, 4) is 0 Å². The number of carbonyl (C=O) groups excluding carboxylic acids is 1. The lowest BCUT2D eigenvalue weighted by atomic mass is 9.85. The van der Waals surface area contributed by atoms with Gasteiger partial charge in [0, 0.05) is 13.1 Å². The number of anilines is 2. The van der Waals surface area contributed by atoms with Gasteiger partial charge < -0.3 is 16.4 Å². The first-order valence-electron chi connectivity index (χ1n) is 6.59. The highest BCUT2D eigenvalue weighted by Crippen LogP contribution is 2.44. The molecule has 0 atom stereocenters. The highest BCUT2D eigenvalue weighted by atomic mass is 32.2. The van der Waals surface area contributed by atoms with E-state index in [1.807, 2.05) is 6.26 Å². The molecule has 1 aromatic rings. The minimum Gasteiger partial charge on any atom is -0.396 e. The number of nitrogen functional groups attached to an aromatic ring is 1. The minimum atomic E-state index is -0.427. The van der Waals surface area contributed by atoms with Crippen LogP contribution in [0, 0.1) is 5.92 Å². The summed E-state index contributed by atoms with van der Waals surface area (Å²) in [6.07, 6.45) is 5.96. The summed E-state index contributed by atoms with van der Waals surface area (Å²) in [7, 11) is 0. The van der Waals surface area contributed by atoms with Crippen molar-refractivity contribution in [2.75, 3.05) is 30.0 Å². The molecule has 1 aromatic heterocycles. The number of thioether (sulfide) groups is 1. The van der Waals surface area contributed by atoms with Crippen molar-refractivity contribution >= 4 is 39.7 Å². The highest BCUT2D eigenvalue weighted by molar-refractivity contribution is 7.99. The van der Waals surface area contributed by atoms with E-state index in [9.17, 15) is 4.79 Å². The van der Waals surface area contributed by atoms with E-state index in [1.165, 1.54) is 30.6 Å². The van der Waals surface area contributed by atoms with Gasteiger partial charge in [-0.05, 0) is 31.9 Å². The van der Waals surface area contributed by atoms with E-state index < -0.39 is 5.91 Å². The van der Waals surface area contributed by atoms with E-state index in [4.69, 9.17) is 11.5 Å². The lowest BCUT2D eigenvalue weighted by Gasteiger charge is -2.32. The number of carbonyl (C=O) groups is 1. The van der Waals surface area contributed by atoms with Crippen LogP contribution >= 0.6 is 23.1 Å². The molecule has 4 nitrogen and oxygen atoms in total. The van der Waals surface area contributed by atoms with Crippen molar-refractivity contribution in [1.82, 2.24) is 0 Å². The quantitative estimate of drug-likeness (QED) is 0.792. The van der Waals surface area contributed by atoms with Gasteiger partial charge in [-0.1, -0.05) is 6.42 Å². The fraction of sp³-hybridized carbons (Fsp3) is 0.615. The normalized spacial score (nSPS) is 15.3. The number of nitrogens with two attached hydrogens (primary N) is 2. The zero-order valence-electron chi connectivity index (χ0n) is 11.4. The number of nitrogens with zero attached hydrogens (tertiary/aromatic N) is 1. The maximum atomic E-state index is 11.4. The van der Waals surface area contributed by atoms with Crippen LogP contribution in [0.2, 0.25) is 0 Å². The maximum absolute atomic E-state index is 11.4. The zero-order chi connectivity index (χ0) is 14.0. The van der Waals surface area contributed by atoms with E-state index >= 15 is 0 Å². The minimum absolute atomic E-state index is 0.427. The largest absolute Gasteiger partial charge is 0.396 e. The standard InChI is InChI=1S/C13H21N3OS2/c1-3-16(7-8-5-4-6-8)13-11(18-2)9(14)10(19-13)12(15)17/h8H,3-7,14H2,1-2H3,(H2,15,17). The average Bonchev–Trinajstić information content (AvgIpc) is 2.65. The summed E-state index contributed by atoms with van der Waals surface area (Å²) in [6, 6.07) is 0. The third-order valence-corrected chi connectivity index (χ3v) is 5.91. The summed E-state index contributed by atoms with van der Waals surface area (Å²) in [6.45, 7) is 4.13. The molecule has 0 radical (unpaired) electrons. The summed E-state index contributed by atoms with van der Waals surface area (Å²) in [5.41, 5.74) is 12.0. The molecule has 1 saturated carbocycles. The second-order valence-corrected chi connectivity index (χ2v) is 6.70. The summed E-state index contributed by atoms with van der Waals surface area (Å²) in [4.78, 5) is 15.3. The second kappa shape index (κ2) is 6.05. The van der Waals surface area contributed by atoms with Crippen LogP contribution in [0.15, 0.2) is 4.90 Å². The Hall–Kier alpha value is -0.880. The van der Waals surface area contributed by atoms with Crippen molar-refractivity contribution in [3.63, 3.8) is 0 Å². The summed E-state index contributed by atoms with van der Waals surface area (Å²) >= 11 is 3.03. The predicted octanol–water partition coefficient (Wildman–Crippen LogP) is 2.78. The molecule has 0 aromatic carbocycles. The Kier molecular flexibility index (Phi) is 4.62. The van der Waals surface area contributed by atoms with Crippen LogP contribution in [0.4, 0.5) is 10.7 Å². The van der Waals surface area contributed by atoms with Crippen molar-refractivity contribution in [2.45, 2.75) is 31.1 Å². The smallest absolute Gasteiger partial charge is 0.261 e. The highest BCUT2D eigenvalue weighted by Gasteiger charge is 2.25. The maximum Gasteiger partial charge on any atom is 0.261 e. The van der Waals surface area contributed by atoms with Gasteiger partial charge in [0.1, 0.15) is 9.88 Å². The summed E-state index contributed by atoms with van der Waals surface area (Å²) < 4.78 is 0. The van der Waals surface area contributed by atoms with Crippen molar-refractivity contribution < 1.29 is 4.79 Å². The third kappa shape index (κ3) is 2.84. The van der Waals surface area contributed by atoms with Gasteiger partial charge in [0.2, 0.25) is 0 Å². The number of hydrogen-bond acceptors (Lipinski definition) is 5. The van der Waals surface area contributed by atoms with Gasteiger partial charge in [0.15, 0.2) is 0 Å². The van der Waals surface area contributed by atoms with Crippen molar-refractivity contribution in [3.05, 3.63) is 4.88 Å². The molecular weight excluding hydrogens is 278 g/mol. The average molecular weight is 299 g/mol. The predicted molar refractivity (Wildman–Crippen MR) is 84.3 cm³/mol. The second-order valence-electron chi connectivity index (χ2n) is 4.88. The molecule has 1 fully saturated rings. The molecular formula is C13H21N3OS2. The molecule has 1 amide bonds. The van der Waals surface area contributed by atoms with E-state index in [0.717, 1.165) is 28.9 Å². The summed E-state index contributed by atoms with van der Waals surface area (Å²) in [5.74, 6) is 0.360. The Morgan fingerprint density at radius 1 is 1.53 bits per heavy atom. The molecule has 0 bridgehead atoms. The van der Waals surface area contributed by atoms with Crippen LogP contribution in [0.5, 0.6) is 0 Å². The summed E-state index contributed by atoms with van der Waals surface area (Å²) in [5, 5.41) is 1.10. The molecule has 1 aliphatic rings. The van der Waals surface area contributed by atoms with E-state index in [-0.39, 0.29) is 0 Å². The first kappa shape index (κ1) is 14.5. The SMILES string of the molecule is CCN(CC1CCC1)c1sc(C(N)=O)c(N)c1SC. The number of rotatable bonds is 6. The monoisotopic (exact) mass is 299 g/mol. The topological polar surface area (TPSA) is 72.3 Å². The Morgan fingerprint density at radius 2 is 2.21 bits per heavy atom. The Bertz CT molecular complexity index is 469. The molecule has 0 unspecified atom stereocenters. The van der Waals surface area contributed by atoms with Crippen molar-refractivity contribution in [1.29, 1.82) is 0 Å². The van der Waals surface area contributed by atoms with Gasteiger partial charge in [-0.15, -0.1) is 23.1 Å². The molecule has 106 valence electrons. The molecule has 19 heavy (non-hydrogen) atoms.